The van der Waals surface area contributed by atoms with Crippen molar-refractivity contribution in [2.45, 2.75) is 19.4 Å². The summed E-state index contributed by atoms with van der Waals surface area (Å²) >= 11 is 0. The number of primary amides is 1. The van der Waals surface area contributed by atoms with E-state index in [0.29, 0.717) is 6.61 Å². The Bertz CT molecular complexity index is 196. The molecule has 0 saturated heterocycles. The van der Waals surface area contributed by atoms with Crippen LogP contribution in [0.3, 0.4) is 0 Å². The van der Waals surface area contributed by atoms with Crippen molar-refractivity contribution in [1.82, 2.24) is 5.32 Å². The Hall–Kier alpha value is -1.14. The summed E-state index contributed by atoms with van der Waals surface area (Å²) in [4.78, 5) is 21.3. The lowest BCUT2D eigenvalue weighted by molar-refractivity contribution is -0.128. The van der Waals surface area contributed by atoms with E-state index in [9.17, 15) is 9.59 Å². The largest absolute Gasteiger partial charge is 0.381 e. The molecule has 0 radical (unpaired) electrons. The molecular formula is C8H16N2O4. The van der Waals surface area contributed by atoms with Crippen molar-refractivity contribution < 1.29 is 19.4 Å². The first-order valence-corrected chi connectivity index (χ1v) is 4.39. The zero-order valence-electron chi connectivity index (χ0n) is 8.16. The van der Waals surface area contributed by atoms with Crippen LogP contribution in [0.25, 0.3) is 0 Å². The van der Waals surface area contributed by atoms with Gasteiger partial charge < -0.3 is 20.9 Å². The molecule has 0 aliphatic heterocycles. The van der Waals surface area contributed by atoms with E-state index in [1.807, 2.05) is 6.92 Å². The third kappa shape index (κ3) is 6.38. The quantitative estimate of drug-likeness (QED) is 0.433. The Morgan fingerprint density at radius 3 is 2.71 bits per heavy atom. The van der Waals surface area contributed by atoms with E-state index in [2.05, 4.69) is 5.32 Å². The molecule has 14 heavy (non-hydrogen) atoms. The normalized spacial score (nSPS) is 12.1. The molecule has 0 aliphatic rings. The number of amides is 2. The highest BCUT2D eigenvalue weighted by molar-refractivity contribution is 5.81. The number of aliphatic hydroxyl groups is 1. The minimum absolute atomic E-state index is 0.0701. The van der Waals surface area contributed by atoms with Gasteiger partial charge in [0.25, 0.3) is 0 Å². The van der Waals surface area contributed by atoms with Crippen LogP contribution in [-0.2, 0) is 14.3 Å². The van der Waals surface area contributed by atoms with E-state index in [1.54, 1.807) is 0 Å². The number of carbonyl (C=O) groups excluding carboxylic acids is 2. The molecule has 0 spiro atoms. The van der Waals surface area contributed by atoms with Gasteiger partial charge in [0, 0.05) is 6.61 Å². The molecule has 0 aromatic heterocycles. The van der Waals surface area contributed by atoms with Gasteiger partial charge in [0.05, 0.1) is 6.54 Å². The van der Waals surface area contributed by atoms with E-state index in [4.69, 9.17) is 15.6 Å². The second-order valence-corrected chi connectivity index (χ2v) is 2.77. The Labute approximate surface area is 82.4 Å². The number of hydrogen-bond acceptors (Lipinski definition) is 4. The predicted octanol–water partition coefficient (Wildman–Crippen LogP) is -1.62. The zero-order valence-corrected chi connectivity index (χ0v) is 8.16. The molecular weight excluding hydrogens is 188 g/mol. The van der Waals surface area contributed by atoms with Gasteiger partial charge in [-0.1, -0.05) is 6.92 Å². The monoisotopic (exact) mass is 204 g/mol. The Morgan fingerprint density at radius 2 is 2.21 bits per heavy atom. The molecule has 0 rings (SSSR count). The number of carbonyl (C=O) groups is 2. The molecule has 0 saturated carbocycles. The van der Waals surface area contributed by atoms with Gasteiger partial charge in [-0.25, -0.2) is 0 Å². The van der Waals surface area contributed by atoms with Crippen molar-refractivity contribution in [2.24, 2.45) is 5.73 Å². The summed E-state index contributed by atoms with van der Waals surface area (Å²) < 4.78 is 4.93. The molecule has 82 valence electrons. The van der Waals surface area contributed by atoms with Crippen LogP contribution in [0, 0.1) is 0 Å². The molecule has 0 aromatic carbocycles. The Kier molecular flexibility index (Phi) is 6.69. The molecule has 4 N–H and O–H groups in total. The van der Waals surface area contributed by atoms with E-state index in [1.165, 1.54) is 0 Å². The maximum atomic E-state index is 10.9. The number of nitrogens with one attached hydrogen (secondary N) is 1. The summed E-state index contributed by atoms with van der Waals surface area (Å²) in [6.07, 6.45) is -0.512. The highest BCUT2D eigenvalue weighted by Gasteiger charge is 2.11. The van der Waals surface area contributed by atoms with Crippen LogP contribution in [0.1, 0.15) is 13.3 Å². The minimum Gasteiger partial charge on any atom is -0.381 e. The van der Waals surface area contributed by atoms with Gasteiger partial charge in [-0.15, -0.1) is 0 Å². The fourth-order valence-electron chi connectivity index (χ4n) is 0.671. The third-order valence-electron chi connectivity index (χ3n) is 1.40. The molecule has 1 atom stereocenters. The van der Waals surface area contributed by atoms with Crippen molar-refractivity contribution in [3.05, 3.63) is 0 Å². The maximum absolute atomic E-state index is 10.9. The summed E-state index contributed by atoms with van der Waals surface area (Å²) in [5, 5.41) is 11.2. The van der Waals surface area contributed by atoms with Crippen molar-refractivity contribution in [2.75, 3.05) is 19.8 Å². The van der Waals surface area contributed by atoms with E-state index in [-0.39, 0.29) is 19.1 Å². The molecule has 6 nitrogen and oxygen atoms in total. The summed E-state index contributed by atoms with van der Waals surface area (Å²) in [6.45, 7) is 2.18. The Morgan fingerprint density at radius 1 is 1.57 bits per heavy atom. The summed E-state index contributed by atoms with van der Waals surface area (Å²) in [7, 11) is 0. The van der Waals surface area contributed by atoms with Gasteiger partial charge in [-0.3, -0.25) is 9.59 Å². The lowest BCUT2D eigenvalue weighted by Gasteiger charge is -2.08. The molecule has 0 aromatic rings. The second kappa shape index (κ2) is 7.28. The fraction of sp³-hybridized carbons (Fsp3) is 0.750. The van der Waals surface area contributed by atoms with Crippen LogP contribution < -0.4 is 11.1 Å². The average molecular weight is 204 g/mol. The zero-order chi connectivity index (χ0) is 11.0. The highest BCUT2D eigenvalue weighted by atomic mass is 16.5. The fourth-order valence-corrected chi connectivity index (χ4v) is 0.671. The van der Waals surface area contributed by atoms with Gasteiger partial charge in [0.2, 0.25) is 11.8 Å². The maximum Gasteiger partial charge on any atom is 0.248 e. The predicted molar refractivity (Wildman–Crippen MR) is 49.3 cm³/mol. The smallest absolute Gasteiger partial charge is 0.248 e. The van der Waals surface area contributed by atoms with E-state index in [0.717, 1.165) is 6.42 Å². The second-order valence-electron chi connectivity index (χ2n) is 2.77. The lowest BCUT2D eigenvalue weighted by atomic mass is 10.3. The third-order valence-corrected chi connectivity index (χ3v) is 1.40. The van der Waals surface area contributed by atoms with Crippen molar-refractivity contribution in [3.63, 3.8) is 0 Å². The van der Waals surface area contributed by atoms with Gasteiger partial charge >= 0.3 is 0 Å². The first-order chi connectivity index (χ1) is 6.57. The average Bonchev–Trinajstić information content (AvgIpc) is 2.14. The molecule has 1 unspecified atom stereocenters. The molecule has 0 fully saturated rings. The van der Waals surface area contributed by atoms with Crippen LogP contribution in [0.5, 0.6) is 0 Å². The molecule has 6 heteroatoms. The molecule has 0 aliphatic carbocycles. The number of rotatable bonds is 7. The Balaban J connectivity index is 3.48. The highest BCUT2D eigenvalue weighted by Crippen LogP contribution is 1.81. The molecule has 0 bridgehead atoms. The van der Waals surface area contributed by atoms with Gasteiger partial charge in [-0.2, -0.15) is 0 Å². The first-order valence-electron chi connectivity index (χ1n) is 4.39. The van der Waals surface area contributed by atoms with Crippen molar-refractivity contribution in [3.8, 4) is 0 Å². The van der Waals surface area contributed by atoms with Crippen molar-refractivity contribution >= 4 is 11.8 Å². The van der Waals surface area contributed by atoms with Crippen LogP contribution in [0.2, 0.25) is 0 Å². The van der Waals surface area contributed by atoms with Gasteiger partial charge in [-0.05, 0) is 6.42 Å². The van der Waals surface area contributed by atoms with E-state index >= 15 is 0 Å². The van der Waals surface area contributed by atoms with Crippen molar-refractivity contribution in [1.29, 1.82) is 0 Å². The van der Waals surface area contributed by atoms with Crippen LogP contribution >= 0.6 is 0 Å². The van der Waals surface area contributed by atoms with Gasteiger partial charge in [0.15, 0.2) is 0 Å². The minimum atomic E-state index is -1.34. The topological polar surface area (TPSA) is 102 Å². The lowest BCUT2D eigenvalue weighted by Crippen LogP contribution is -2.41. The van der Waals surface area contributed by atoms with Crippen LogP contribution in [0.4, 0.5) is 0 Å². The first kappa shape index (κ1) is 12.9. The standard InChI is InChI=1S/C8H16N2O4/c1-2-3-14-5-7(12)10-4-6(11)8(9)13/h6,11H,2-5H2,1H3,(H2,9,13)(H,10,12). The van der Waals surface area contributed by atoms with Gasteiger partial charge in [0.1, 0.15) is 12.7 Å². The number of aliphatic hydroxyl groups excluding tert-OH is 1. The molecule has 0 heterocycles. The van der Waals surface area contributed by atoms with Crippen LogP contribution in [-0.4, -0.2) is 42.8 Å². The summed E-state index contributed by atoms with van der Waals surface area (Å²) in [5.41, 5.74) is 4.77. The van der Waals surface area contributed by atoms with E-state index < -0.39 is 12.0 Å². The summed E-state index contributed by atoms with van der Waals surface area (Å²) in [6, 6.07) is 0. The number of hydrogen-bond donors (Lipinski definition) is 3. The van der Waals surface area contributed by atoms with Crippen LogP contribution in [0.15, 0.2) is 0 Å². The SMILES string of the molecule is CCCOCC(=O)NCC(O)C(N)=O. The number of nitrogens with two attached hydrogens (primary N) is 1. The number of ether oxygens (including phenoxy) is 1. The molecule has 2 amide bonds. The summed E-state index contributed by atoms with van der Waals surface area (Å²) in [5.74, 6) is -1.24.